The maximum Gasteiger partial charge on any atom is 0.234 e. The molecule has 0 bridgehead atoms. The number of anilines is 2. The summed E-state index contributed by atoms with van der Waals surface area (Å²) in [6, 6.07) is 15.6. The van der Waals surface area contributed by atoms with Crippen LogP contribution < -0.4 is 10.2 Å². The largest absolute Gasteiger partial charge is 0.367 e. The Bertz CT molecular complexity index is 1000. The molecular weight excluding hydrogens is 436 g/mol. The van der Waals surface area contributed by atoms with Gasteiger partial charge in [-0.2, -0.15) is 0 Å². The summed E-state index contributed by atoms with van der Waals surface area (Å²) in [5.74, 6) is 0.301. The summed E-state index contributed by atoms with van der Waals surface area (Å²) in [7, 11) is 2.14. The standard InChI is InChI=1S/C22H23ClN4OS2/c1-26-10-12-27(13-11-26)20-5-3-2-4-18(20)24-21(28)15-30-22-25-19(14-29-22)16-6-8-17(23)9-7-16/h2-9,14H,10-13,15H2,1H3,(H,24,28). The van der Waals surface area contributed by atoms with Crippen LogP contribution in [0.4, 0.5) is 11.4 Å². The lowest BCUT2D eigenvalue weighted by Gasteiger charge is -2.35. The van der Waals surface area contributed by atoms with E-state index >= 15 is 0 Å². The van der Waals surface area contributed by atoms with Crippen molar-refractivity contribution in [3.05, 3.63) is 58.9 Å². The molecule has 156 valence electrons. The minimum Gasteiger partial charge on any atom is -0.367 e. The Balaban J connectivity index is 1.35. The van der Waals surface area contributed by atoms with Gasteiger partial charge in [-0.3, -0.25) is 4.79 Å². The third-order valence-electron chi connectivity index (χ3n) is 4.97. The van der Waals surface area contributed by atoms with Gasteiger partial charge >= 0.3 is 0 Å². The molecule has 2 aromatic carbocycles. The zero-order chi connectivity index (χ0) is 20.9. The van der Waals surface area contributed by atoms with E-state index in [1.54, 1.807) is 11.3 Å². The van der Waals surface area contributed by atoms with Crippen molar-refractivity contribution < 1.29 is 4.79 Å². The molecule has 30 heavy (non-hydrogen) atoms. The molecule has 1 aromatic heterocycles. The van der Waals surface area contributed by atoms with E-state index in [0.29, 0.717) is 10.8 Å². The summed E-state index contributed by atoms with van der Waals surface area (Å²) in [4.78, 5) is 21.9. The number of carbonyl (C=O) groups excluding carboxylic acids is 1. The lowest BCUT2D eigenvalue weighted by atomic mass is 10.2. The van der Waals surface area contributed by atoms with Gasteiger partial charge < -0.3 is 15.1 Å². The second kappa shape index (κ2) is 9.83. The molecule has 2 heterocycles. The Labute approximate surface area is 190 Å². The molecule has 5 nitrogen and oxygen atoms in total. The van der Waals surface area contributed by atoms with Crippen molar-refractivity contribution in [2.45, 2.75) is 4.34 Å². The maximum atomic E-state index is 12.6. The smallest absolute Gasteiger partial charge is 0.234 e. The number of amides is 1. The summed E-state index contributed by atoms with van der Waals surface area (Å²) >= 11 is 8.96. The lowest BCUT2D eigenvalue weighted by molar-refractivity contribution is -0.113. The molecule has 0 unspecified atom stereocenters. The first-order valence-corrected chi connectivity index (χ1v) is 12.0. The first-order valence-electron chi connectivity index (χ1n) is 9.75. The highest BCUT2D eigenvalue weighted by atomic mass is 35.5. The number of halogens is 1. The maximum absolute atomic E-state index is 12.6. The van der Waals surface area contributed by atoms with E-state index in [1.165, 1.54) is 11.8 Å². The van der Waals surface area contributed by atoms with E-state index in [2.05, 4.69) is 33.2 Å². The molecule has 1 aliphatic rings. The zero-order valence-corrected chi connectivity index (χ0v) is 19.1. The van der Waals surface area contributed by atoms with Gasteiger partial charge in [0.05, 0.1) is 22.8 Å². The quantitative estimate of drug-likeness (QED) is 0.530. The van der Waals surface area contributed by atoms with Crippen LogP contribution in [0.5, 0.6) is 0 Å². The molecule has 0 aliphatic carbocycles. The second-order valence-electron chi connectivity index (χ2n) is 7.15. The van der Waals surface area contributed by atoms with Gasteiger partial charge in [-0.25, -0.2) is 4.98 Å². The predicted octanol–water partition coefficient (Wildman–Crippen LogP) is 4.95. The van der Waals surface area contributed by atoms with Gasteiger partial charge in [-0.15, -0.1) is 11.3 Å². The number of hydrogen-bond acceptors (Lipinski definition) is 6. The molecule has 0 atom stereocenters. The highest BCUT2D eigenvalue weighted by molar-refractivity contribution is 8.01. The van der Waals surface area contributed by atoms with Crippen LogP contribution in [-0.4, -0.2) is 54.8 Å². The molecule has 1 amide bonds. The minimum atomic E-state index is -0.0233. The Hall–Kier alpha value is -2.06. The van der Waals surface area contributed by atoms with Gasteiger partial charge in [0, 0.05) is 42.1 Å². The van der Waals surface area contributed by atoms with Crippen LogP contribution in [0.1, 0.15) is 0 Å². The Kier molecular flexibility index (Phi) is 6.94. The van der Waals surface area contributed by atoms with Gasteiger partial charge in [0.15, 0.2) is 4.34 Å². The third kappa shape index (κ3) is 5.35. The number of nitrogens with one attached hydrogen (secondary N) is 1. The van der Waals surface area contributed by atoms with Crippen molar-refractivity contribution >= 4 is 52.0 Å². The first kappa shape index (κ1) is 21.2. The van der Waals surface area contributed by atoms with Crippen LogP contribution in [0, 0.1) is 0 Å². The molecule has 1 N–H and O–H groups in total. The van der Waals surface area contributed by atoms with Crippen LogP contribution in [0.3, 0.4) is 0 Å². The van der Waals surface area contributed by atoms with Gasteiger partial charge in [-0.1, -0.05) is 47.6 Å². The van der Waals surface area contributed by atoms with E-state index < -0.39 is 0 Å². The number of rotatable bonds is 6. The monoisotopic (exact) mass is 458 g/mol. The van der Waals surface area contributed by atoms with Crippen LogP contribution in [0.25, 0.3) is 11.3 Å². The lowest BCUT2D eigenvalue weighted by Crippen LogP contribution is -2.44. The number of hydrogen-bond donors (Lipinski definition) is 1. The molecule has 3 aromatic rings. The number of nitrogens with zero attached hydrogens (tertiary/aromatic N) is 3. The number of piperazine rings is 1. The van der Waals surface area contributed by atoms with Crippen molar-refractivity contribution in [2.75, 3.05) is 49.2 Å². The average molecular weight is 459 g/mol. The fraction of sp³-hybridized carbons (Fsp3) is 0.273. The number of para-hydroxylation sites is 2. The molecule has 8 heteroatoms. The first-order chi connectivity index (χ1) is 14.6. The molecule has 1 saturated heterocycles. The van der Waals surface area contributed by atoms with Gasteiger partial charge in [0.2, 0.25) is 5.91 Å². The third-order valence-corrected chi connectivity index (χ3v) is 7.24. The van der Waals surface area contributed by atoms with Gasteiger partial charge in [-0.05, 0) is 31.3 Å². The average Bonchev–Trinajstić information content (AvgIpc) is 3.23. The summed E-state index contributed by atoms with van der Waals surface area (Å²) in [6.45, 7) is 3.98. The Morgan fingerprint density at radius 1 is 1.13 bits per heavy atom. The summed E-state index contributed by atoms with van der Waals surface area (Å²) in [5, 5.41) is 5.79. The molecule has 4 rings (SSSR count). The summed E-state index contributed by atoms with van der Waals surface area (Å²) in [5.41, 5.74) is 3.88. The highest BCUT2D eigenvalue weighted by Crippen LogP contribution is 2.30. The molecular formula is C22H23ClN4OS2. The topological polar surface area (TPSA) is 48.5 Å². The van der Waals surface area contributed by atoms with Crippen LogP contribution in [0.2, 0.25) is 5.02 Å². The van der Waals surface area contributed by atoms with Crippen molar-refractivity contribution in [2.24, 2.45) is 0 Å². The molecule has 0 radical (unpaired) electrons. The number of likely N-dealkylation sites (N-methyl/N-ethyl adjacent to an activating group) is 1. The van der Waals surface area contributed by atoms with Crippen LogP contribution in [0.15, 0.2) is 58.3 Å². The Morgan fingerprint density at radius 3 is 2.63 bits per heavy atom. The zero-order valence-electron chi connectivity index (χ0n) is 16.7. The Morgan fingerprint density at radius 2 is 1.87 bits per heavy atom. The molecule has 1 fully saturated rings. The van der Waals surface area contributed by atoms with Crippen molar-refractivity contribution in [1.29, 1.82) is 0 Å². The van der Waals surface area contributed by atoms with E-state index in [1.807, 2.05) is 47.8 Å². The van der Waals surface area contributed by atoms with Gasteiger partial charge in [0.25, 0.3) is 0 Å². The molecule has 0 spiro atoms. The number of benzene rings is 2. The predicted molar refractivity (Wildman–Crippen MR) is 128 cm³/mol. The fourth-order valence-electron chi connectivity index (χ4n) is 3.29. The van der Waals surface area contributed by atoms with E-state index in [0.717, 1.165) is 53.2 Å². The van der Waals surface area contributed by atoms with E-state index in [9.17, 15) is 4.79 Å². The highest BCUT2D eigenvalue weighted by Gasteiger charge is 2.18. The number of thiazole rings is 1. The van der Waals surface area contributed by atoms with Crippen molar-refractivity contribution in [1.82, 2.24) is 9.88 Å². The van der Waals surface area contributed by atoms with Crippen molar-refractivity contribution in [3.8, 4) is 11.3 Å². The van der Waals surface area contributed by atoms with Gasteiger partial charge in [0.1, 0.15) is 0 Å². The van der Waals surface area contributed by atoms with Crippen LogP contribution >= 0.6 is 34.7 Å². The van der Waals surface area contributed by atoms with Crippen LogP contribution in [-0.2, 0) is 4.79 Å². The fourth-order valence-corrected chi connectivity index (χ4v) is 5.05. The van der Waals surface area contributed by atoms with E-state index in [4.69, 9.17) is 11.6 Å². The van der Waals surface area contributed by atoms with E-state index in [-0.39, 0.29) is 5.91 Å². The second-order valence-corrected chi connectivity index (χ2v) is 9.67. The van der Waals surface area contributed by atoms with Crippen molar-refractivity contribution in [3.63, 3.8) is 0 Å². The number of aromatic nitrogens is 1. The number of thioether (sulfide) groups is 1. The number of carbonyl (C=O) groups is 1. The SMILES string of the molecule is CN1CCN(c2ccccc2NC(=O)CSc2nc(-c3ccc(Cl)cc3)cs2)CC1. The minimum absolute atomic E-state index is 0.0233. The normalized spacial score (nSPS) is 14.7. The summed E-state index contributed by atoms with van der Waals surface area (Å²) < 4.78 is 0.877. The summed E-state index contributed by atoms with van der Waals surface area (Å²) in [6.07, 6.45) is 0. The molecule has 0 saturated carbocycles. The molecule has 1 aliphatic heterocycles.